The Bertz CT molecular complexity index is 221. The van der Waals surface area contributed by atoms with Gasteiger partial charge in [0, 0.05) is 6.42 Å². The van der Waals surface area contributed by atoms with Crippen LogP contribution in [0.15, 0.2) is 0 Å². The second-order valence-electron chi connectivity index (χ2n) is 6.41. The molecule has 0 aromatic carbocycles. The van der Waals surface area contributed by atoms with E-state index in [0.717, 1.165) is 12.3 Å². The van der Waals surface area contributed by atoms with Crippen molar-refractivity contribution in [3.63, 3.8) is 0 Å². The molecule has 1 unspecified atom stereocenters. The predicted octanol–water partition coefficient (Wildman–Crippen LogP) is 5.14. The number of carbonyl (C=O) groups is 1. The summed E-state index contributed by atoms with van der Waals surface area (Å²) in [7, 11) is -1.67. The molecule has 0 aromatic heterocycles. The standard InChI is InChI=1S/C15H32O2Si/c1-6-14(2)12-10-8-7-9-11-13-15(16)17-18(3,4)5/h14H,6-13H2,1-5H3. The maximum absolute atomic E-state index is 11.5. The molecule has 108 valence electrons. The van der Waals surface area contributed by atoms with Crippen molar-refractivity contribution >= 4 is 14.3 Å². The highest BCUT2D eigenvalue weighted by Crippen LogP contribution is 2.14. The van der Waals surface area contributed by atoms with Gasteiger partial charge in [-0.3, -0.25) is 4.79 Å². The normalized spacial score (nSPS) is 13.4. The molecule has 0 N–H and O–H groups in total. The predicted molar refractivity (Wildman–Crippen MR) is 81.2 cm³/mol. The maximum atomic E-state index is 11.5. The van der Waals surface area contributed by atoms with Crippen LogP contribution in [-0.4, -0.2) is 14.3 Å². The van der Waals surface area contributed by atoms with E-state index >= 15 is 0 Å². The molecule has 0 fully saturated rings. The van der Waals surface area contributed by atoms with Gasteiger partial charge in [-0.15, -0.1) is 0 Å². The van der Waals surface area contributed by atoms with Crippen molar-refractivity contribution in [3.8, 4) is 0 Å². The average Bonchev–Trinajstić information content (AvgIpc) is 2.25. The molecule has 1 atom stereocenters. The lowest BCUT2D eigenvalue weighted by molar-refractivity contribution is -0.135. The molecular weight excluding hydrogens is 240 g/mol. The van der Waals surface area contributed by atoms with Crippen molar-refractivity contribution < 1.29 is 9.22 Å². The summed E-state index contributed by atoms with van der Waals surface area (Å²) in [5.41, 5.74) is 0. The molecule has 0 saturated carbocycles. The van der Waals surface area contributed by atoms with E-state index in [2.05, 4.69) is 33.5 Å². The molecule has 18 heavy (non-hydrogen) atoms. The quantitative estimate of drug-likeness (QED) is 0.406. The first kappa shape index (κ1) is 17.7. The first-order valence-electron chi connectivity index (χ1n) is 7.57. The van der Waals surface area contributed by atoms with Gasteiger partial charge >= 0.3 is 0 Å². The lowest BCUT2D eigenvalue weighted by atomic mass is 10.00. The van der Waals surface area contributed by atoms with Gasteiger partial charge in [-0.05, 0) is 32.0 Å². The lowest BCUT2D eigenvalue weighted by Crippen LogP contribution is -2.28. The van der Waals surface area contributed by atoms with E-state index in [0.29, 0.717) is 6.42 Å². The molecule has 0 aliphatic heterocycles. The highest BCUT2D eigenvalue weighted by atomic mass is 28.4. The second kappa shape index (κ2) is 9.60. The molecule has 2 nitrogen and oxygen atoms in total. The summed E-state index contributed by atoms with van der Waals surface area (Å²) < 4.78 is 5.41. The lowest BCUT2D eigenvalue weighted by Gasteiger charge is -2.17. The topological polar surface area (TPSA) is 26.3 Å². The fourth-order valence-corrected chi connectivity index (χ4v) is 2.67. The Balaban J connectivity index is 3.33. The summed E-state index contributed by atoms with van der Waals surface area (Å²) in [6.07, 6.45) is 9.33. The van der Waals surface area contributed by atoms with Crippen molar-refractivity contribution in [2.75, 3.05) is 0 Å². The van der Waals surface area contributed by atoms with Crippen LogP contribution in [0.25, 0.3) is 0 Å². The summed E-state index contributed by atoms with van der Waals surface area (Å²) in [6, 6.07) is 0. The Morgan fingerprint density at radius 2 is 1.61 bits per heavy atom. The van der Waals surface area contributed by atoms with E-state index in [1.165, 1.54) is 38.5 Å². The van der Waals surface area contributed by atoms with E-state index in [1.54, 1.807) is 0 Å². The third kappa shape index (κ3) is 12.2. The Morgan fingerprint density at radius 3 is 2.17 bits per heavy atom. The number of carbonyl (C=O) groups excluding carboxylic acids is 1. The van der Waals surface area contributed by atoms with Gasteiger partial charge in [-0.1, -0.05) is 52.4 Å². The molecule has 0 saturated heterocycles. The Labute approximate surface area is 115 Å². The van der Waals surface area contributed by atoms with Crippen molar-refractivity contribution in [1.29, 1.82) is 0 Å². The van der Waals surface area contributed by atoms with Crippen molar-refractivity contribution in [1.82, 2.24) is 0 Å². The SMILES string of the molecule is CCC(C)CCCCCCCC(=O)O[Si](C)(C)C. The minimum atomic E-state index is -1.67. The fourth-order valence-electron chi connectivity index (χ4n) is 1.89. The van der Waals surface area contributed by atoms with Crippen LogP contribution in [0.2, 0.25) is 19.6 Å². The van der Waals surface area contributed by atoms with Crippen LogP contribution in [0, 0.1) is 5.92 Å². The monoisotopic (exact) mass is 272 g/mol. The Kier molecular flexibility index (Phi) is 9.43. The van der Waals surface area contributed by atoms with Crippen LogP contribution < -0.4 is 0 Å². The van der Waals surface area contributed by atoms with Crippen LogP contribution in [0.3, 0.4) is 0 Å². The highest BCUT2D eigenvalue weighted by molar-refractivity contribution is 6.71. The van der Waals surface area contributed by atoms with Gasteiger partial charge in [0.05, 0.1) is 0 Å². The Morgan fingerprint density at radius 1 is 1.06 bits per heavy atom. The number of hydrogen-bond acceptors (Lipinski definition) is 2. The molecular formula is C15H32O2Si. The van der Waals surface area contributed by atoms with Gasteiger partial charge in [-0.25, -0.2) is 0 Å². The van der Waals surface area contributed by atoms with Gasteiger partial charge in [0.15, 0.2) is 0 Å². The van der Waals surface area contributed by atoms with E-state index in [-0.39, 0.29) is 5.97 Å². The maximum Gasteiger partial charge on any atom is 0.292 e. The largest absolute Gasteiger partial charge is 0.520 e. The summed E-state index contributed by atoms with van der Waals surface area (Å²) in [4.78, 5) is 11.5. The van der Waals surface area contributed by atoms with Gasteiger partial charge in [0.25, 0.3) is 5.97 Å². The summed E-state index contributed by atoms with van der Waals surface area (Å²) >= 11 is 0. The van der Waals surface area contributed by atoms with E-state index in [4.69, 9.17) is 4.43 Å². The fraction of sp³-hybridized carbons (Fsp3) is 0.933. The van der Waals surface area contributed by atoms with Gasteiger partial charge in [-0.2, -0.15) is 0 Å². The third-order valence-corrected chi connectivity index (χ3v) is 4.03. The van der Waals surface area contributed by atoms with Gasteiger partial charge in [0.1, 0.15) is 0 Å². The summed E-state index contributed by atoms with van der Waals surface area (Å²) in [6.45, 7) is 10.8. The van der Waals surface area contributed by atoms with E-state index < -0.39 is 8.32 Å². The van der Waals surface area contributed by atoms with Crippen LogP contribution in [0.5, 0.6) is 0 Å². The van der Waals surface area contributed by atoms with E-state index in [1.807, 2.05) is 0 Å². The van der Waals surface area contributed by atoms with E-state index in [9.17, 15) is 4.79 Å². The zero-order valence-corrected chi connectivity index (χ0v) is 14.1. The highest BCUT2D eigenvalue weighted by Gasteiger charge is 2.19. The third-order valence-electron chi connectivity index (χ3n) is 3.19. The van der Waals surface area contributed by atoms with Crippen molar-refractivity contribution in [2.24, 2.45) is 5.92 Å². The van der Waals surface area contributed by atoms with Crippen LogP contribution >= 0.6 is 0 Å². The van der Waals surface area contributed by atoms with Gasteiger partial charge in [0.2, 0.25) is 8.32 Å². The van der Waals surface area contributed by atoms with Crippen LogP contribution in [-0.2, 0) is 9.22 Å². The number of unbranched alkanes of at least 4 members (excludes halogenated alkanes) is 4. The molecule has 0 aromatic rings. The molecule has 3 heteroatoms. The zero-order chi connectivity index (χ0) is 14.0. The second-order valence-corrected chi connectivity index (χ2v) is 10.8. The summed E-state index contributed by atoms with van der Waals surface area (Å²) in [5, 5.41) is 0. The van der Waals surface area contributed by atoms with Crippen LogP contribution in [0.1, 0.15) is 65.2 Å². The van der Waals surface area contributed by atoms with Crippen molar-refractivity contribution in [2.45, 2.75) is 84.9 Å². The molecule has 0 bridgehead atoms. The number of rotatable bonds is 10. The van der Waals surface area contributed by atoms with Crippen LogP contribution in [0.4, 0.5) is 0 Å². The minimum Gasteiger partial charge on any atom is -0.520 e. The molecule has 0 rings (SSSR count). The van der Waals surface area contributed by atoms with Crippen molar-refractivity contribution in [3.05, 3.63) is 0 Å². The number of hydrogen-bond donors (Lipinski definition) is 0. The molecule has 0 heterocycles. The first-order valence-corrected chi connectivity index (χ1v) is 11.0. The molecule has 0 radical (unpaired) electrons. The summed E-state index contributed by atoms with van der Waals surface area (Å²) in [5.74, 6) is 0.880. The minimum absolute atomic E-state index is 0.00812. The smallest absolute Gasteiger partial charge is 0.292 e. The average molecular weight is 273 g/mol. The van der Waals surface area contributed by atoms with Gasteiger partial charge < -0.3 is 4.43 Å². The molecule has 0 spiro atoms. The molecule has 0 amide bonds. The Hall–Kier alpha value is -0.313. The zero-order valence-electron chi connectivity index (χ0n) is 13.1. The molecule has 0 aliphatic carbocycles. The first-order chi connectivity index (χ1) is 8.35. The molecule has 0 aliphatic rings.